The van der Waals surface area contributed by atoms with Crippen LogP contribution in [0.15, 0.2) is 65.6 Å². The van der Waals surface area contributed by atoms with Crippen molar-refractivity contribution in [1.29, 1.82) is 0 Å². The van der Waals surface area contributed by atoms with Crippen molar-refractivity contribution in [3.05, 3.63) is 71.8 Å². The van der Waals surface area contributed by atoms with Crippen molar-refractivity contribution in [2.45, 2.75) is 57.4 Å². The molecule has 1 saturated carbocycles. The topological polar surface area (TPSA) is 66.5 Å². The van der Waals surface area contributed by atoms with Crippen molar-refractivity contribution in [2.24, 2.45) is 5.92 Å². The fourth-order valence-corrected chi connectivity index (χ4v) is 6.45. The maximum atomic E-state index is 14.0. The number of hydrogen-bond donors (Lipinski definition) is 1. The smallest absolute Gasteiger partial charge is 0.265 e. The lowest BCUT2D eigenvalue weighted by Gasteiger charge is -2.31. The second-order valence-corrected chi connectivity index (χ2v) is 11.0. The lowest BCUT2D eigenvalue weighted by molar-refractivity contribution is -0.120. The molecule has 6 heteroatoms. The predicted molar refractivity (Wildman–Crippen MR) is 134 cm³/mol. The Hall–Kier alpha value is -2.86. The molecule has 1 N–H and O–H groups in total. The number of nitrogens with one attached hydrogen (secondary N) is 1. The second-order valence-electron chi connectivity index (χ2n) is 9.14. The molecule has 0 heterocycles. The van der Waals surface area contributed by atoms with Gasteiger partial charge < -0.3 is 5.32 Å². The van der Waals surface area contributed by atoms with Crippen LogP contribution in [0.3, 0.4) is 0 Å². The molecule has 174 valence electrons. The van der Waals surface area contributed by atoms with Gasteiger partial charge in [0.1, 0.15) is 6.54 Å². The molecular formula is C27H32N2O3S. The number of carbonyl (C=O) groups excluding carboxylic acids is 1. The Balaban J connectivity index is 1.75. The van der Waals surface area contributed by atoms with Crippen molar-refractivity contribution in [2.75, 3.05) is 10.8 Å². The Kier molecular flexibility index (Phi) is 6.75. The van der Waals surface area contributed by atoms with Crippen LogP contribution in [0.4, 0.5) is 5.69 Å². The Morgan fingerprint density at radius 2 is 1.67 bits per heavy atom. The van der Waals surface area contributed by atoms with Gasteiger partial charge in [0.15, 0.2) is 0 Å². The quantitative estimate of drug-likeness (QED) is 0.535. The van der Waals surface area contributed by atoms with E-state index in [0.29, 0.717) is 17.0 Å². The van der Waals surface area contributed by atoms with E-state index in [-0.39, 0.29) is 23.4 Å². The van der Waals surface area contributed by atoms with E-state index in [1.54, 1.807) is 18.2 Å². The molecule has 0 spiro atoms. The summed E-state index contributed by atoms with van der Waals surface area (Å²) in [7, 11) is -4.00. The van der Waals surface area contributed by atoms with Crippen LogP contribution in [0.25, 0.3) is 10.8 Å². The summed E-state index contributed by atoms with van der Waals surface area (Å²) in [4.78, 5) is 13.4. The molecule has 0 aliphatic heterocycles. The van der Waals surface area contributed by atoms with Crippen LogP contribution >= 0.6 is 0 Å². The van der Waals surface area contributed by atoms with Crippen LogP contribution in [0.1, 0.15) is 43.7 Å². The molecule has 0 saturated heterocycles. The minimum Gasteiger partial charge on any atom is -0.352 e. The van der Waals surface area contributed by atoms with Gasteiger partial charge in [0.2, 0.25) is 5.91 Å². The highest BCUT2D eigenvalue weighted by atomic mass is 32.2. The molecule has 1 aliphatic rings. The highest BCUT2D eigenvalue weighted by Gasteiger charge is 2.31. The van der Waals surface area contributed by atoms with Crippen molar-refractivity contribution in [3.8, 4) is 0 Å². The van der Waals surface area contributed by atoms with E-state index >= 15 is 0 Å². The Labute approximate surface area is 196 Å². The molecule has 0 radical (unpaired) electrons. The molecule has 33 heavy (non-hydrogen) atoms. The SMILES string of the molecule is Cc1cccc(N(CC(=O)NC2CCCCC2C)S(=O)(=O)c2cccc3ccccc23)c1C. The molecular weight excluding hydrogens is 432 g/mol. The monoisotopic (exact) mass is 464 g/mol. The van der Waals surface area contributed by atoms with Gasteiger partial charge >= 0.3 is 0 Å². The van der Waals surface area contributed by atoms with E-state index in [4.69, 9.17) is 0 Å². The van der Waals surface area contributed by atoms with Crippen LogP contribution < -0.4 is 9.62 Å². The molecule has 3 aromatic carbocycles. The minimum absolute atomic E-state index is 0.0898. The number of hydrogen-bond acceptors (Lipinski definition) is 3. The van der Waals surface area contributed by atoms with Crippen LogP contribution in [-0.4, -0.2) is 26.9 Å². The van der Waals surface area contributed by atoms with Crippen LogP contribution in [0.5, 0.6) is 0 Å². The number of nitrogens with zero attached hydrogens (tertiary/aromatic N) is 1. The van der Waals surface area contributed by atoms with Gasteiger partial charge in [-0.25, -0.2) is 8.42 Å². The van der Waals surface area contributed by atoms with Gasteiger partial charge in [-0.15, -0.1) is 0 Å². The zero-order chi connectivity index (χ0) is 23.6. The van der Waals surface area contributed by atoms with Crippen LogP contribution in [-0.2, 0) is 14.8 Å². The molecule has 1 fully saturated rings. The summed E-state index contributed by atoms with van der Waals surface area (Å²) in [6.07, 6.45) is 4.29. The van der Waals surface area contributed by atoms with Gasteiger partial charge in [0.25, 0.3) is 10.0 Å². The Morgan fingerprint density at radius 3 is 2.45 bits per heavy atom. The third-order valence-corrected chi connectivity index (χ3v) is 8.73. The van der Waals surface area contributed by atoms with Gasteiger partial charge in [-0.1, -0.05) is 68.3 Å². The standard InChI is InChI=1S/C27H32N2O3S/c1-19-11-8-16-25(21(19)3)29(18-27(30)28-24-15-7-4-10-20(24)2)33(31,32)26-17-9-13-22-12-5-6-14-23(22)26/h5-6,8-9,11-14,16-17,20,24H,4,7,10,15,18H2,1-3H3,(H,28,30). The van der Waals surface area contributed by atoms with Crippen molar-refractivity contribution in [1.82, 2.24) is 5.32 Å². The summed E-state index contributed by atoms with van der Waals surface area (Å²) in [6, 6.07) is 18.4. The van der Waals surface area contributed by atoms with E-state index in [1.165, 1.54) is 10.7 Å². The first-order valence-corrected chi connectivity index (χ1v) is 13.1. The average Bonchev–Trinajstić information content (AvgIpc) is 2.80. The first-order valence-electron chi connectivity index (χ1n) is 11.6. The number of benzene rings is 3. The van der Waals surface area contributed by atoms with Gasteiger partial charge in [-0.05, 0) is 61.3 Å². The van der Waals surface area contributed by atoms with Crippen molar-refractivity contribution < 1.29 is 13.2 Å². The van der Waals surface area contributed by atoms with Gasteiger partial charge in [0.05, 0.1) is 10.6 Å². The third-order valence-electron chi connectivity index (χ3n) is 6.91. The van der Waals surface area contributed by atoms with E-state index in [0.717, 1.165) is 35.8 Å². The first kappa shape index (κ1) is 23.3. The average molecular weight is 465 g/mol. The van der Waals surface area contributed by atoms with Crippen molar-refractivity contribution in [3.63, 3.8) is 0 Å². The number of fused-ring (bicyclic) bond motifs is 1. The molecule has 2 unspecified atom stereocenters. The molecule has 5 nitrogen and oxygen atoms in total. The Morgan fingerprint density at radius 1 is 0.970 bits per heavy atom. The first-order chi connectivity index (χ1) is 15.8. The summed E-state index contributed by atoms with van der Waals surface area (Å²) in [5, 5.41) is 4.62. The molecule has 4 rings (SSSR count). The van der Waals surface area contributed by atoms with E-state index in [2.05, 4.69) is 12.2 Å². The number of carbonyl (C=O) groups is 1. The largest absolute Gasteiger partial charge is 0.352 e. The summed E-state index contributed by atoms with van der Waals surface area (Å²) in [6.45, 7) is 5.75. The van der Waals surface area contributed by atoms with Crippen LogP contribution in [0.2, 0.25) is 0 Å². The second kappa shape index (κ2) is 9.56. The zero-order valence-electron chi connectivity index (χ0n) is 19.5. The highest BCUT2D eigenvalue weighted by Crippen LogP contribution is 2.32. The number of rotatable bonds is 6. The summed E-state index contributed by atoms with van der Waals surface area (Å²) in [5.74, 6) is 0.130. The third kappa shape index (κ3) is 4.76. The molecule has 3 aromatic rings. The minimum atomic E-state index is -4.00. The van der Waals surface area contributed by atoms with Gasteiger partial charge in [-0.2, -0.15) is 0 Å². The molecule has 0 aromatic heterocycles. The van der Waals surface area contributed by atoms with E-state index in [1.807, 2.05) is 56.3 Å². The normalized spacial score (nSPS) is 18.8. The summed E-state index contributed by atoms with van der Waals surface area (Å²) >= 11 is 0. The molecule has 2 atom stereocenters. The predicted octanol–water partition coefficient (Wildman–Crippen LogP) is 5.35. The molecule has 1 amide bonds. The van der Waals surface area contributed by atoms with Crippen LogP contribution in [0, 0.1) is 19.8 Å². The highest BCUT2D eigenvalue weighted by molar-refractivity contribution is 7.93. The Bertz CT molecular complexity index is 1260. The number of aryl methyl sites for hydroxylation is 1. The zero-order valence-corrected chi connectivity index (χ0v) is 20.4. The summed E-state index contributed by atoms with van der Waals surface area (Å²) in [5.41, 5.74) is 2.36. The fraction of sp³-hybridized carbons (Fsp3) is 0.370. The maximum Gasteiger partial charge on any atom is 0.265 e. The summed E-state index contributed by atoms with van der Waals surface area (Å²) < 4.78 is 29.4. The van der Waals surface area contributed by atoms with Gasteiger partial charge in [-0.3, -0.25) is 9.10 Å². The van der Waals surface area contributed by atoms with Gasteiger partial charge in [0, 0.05) is 11.4 Å². The molecule has 1 aliphatic carbocycles. The lowest BCUT2D eigenvalue weighted by Crippen LogP contribution is -2.47. The van der Waals surface area contributed by atoms with E-state index in [9.17, 15) is 13.2 Å². The fourth-order valence-electron chi connectivity index (χ4n) is 4.76. The molecule has 0 bridgehead atoms. The lowest BCUT2D eigenvalue weighted by atomic mass is 9.86. The maximum absolute atomic E-state index is 14.0. The van der Waals surface area contributed by atoms with Crippen molar-refractivity contribution >= 4 is 32.4 Å². The number of sulfonamides is 1. The number of anilines is 1. The van der Waals surface area contributed by atoms with E-state index < -0.39 is 10.0 Å². The number of amides is 1.